The number of nitrogens with zero attached hydrogens (tertiary/aromatic N) is 1. The predicted octanol–water partition coefficient (Wildman–Crippen LogP) is 2.41. The number of hydrogen-bond acceptors (Lipinski definition) is 3. The van der Waals surface area contributed by atoms with E-state index in [4.69, 9.17) is 4.52 Å². The average molecular weight is 228 g/mol. The second-order valence-corrected chi connectivity index (χ2v) is 4.66. The Balaban J connectivity index is 1.51. The van der Waals surface area contributed by atoms with Gasteiger partial charge in [0.05, 0.1) is 5.69 Å². The largest absolute Gasteiger partial charge is 0.361 e. The zero-order chi connectivity index (χ0) is 11.7. The molecule has 1 aromatic carbocycles. The van der Waals surface area contributed by atoms with Crippen molar-refractivity contribution in [1.29, 1.82) is 0 Å². The zero-order valence-corrected chi connectivity index (χ0v) is 9.94. The highest BCUT2D eigenvalue weighted by molar-refractivity contribution is 5.40. The van der Waals surface area contributed by atoms with Gasteiger partial charge in [-0.2, -0.15) is 0 Å². The van der Waals surface area contributed by atoms with E-state index in [9.17, 15) is 0 Å². The number of aryl methyl sites for hydroxylation is 1. The summed E-state index contributed by atoms with van der Waals surface area (Å²) >= 11 is 0. The van der Waals surface area contributed by atoms with Crippen molar-refractivity contribution < 1.29 is 4.52 Å². The van der Waals surface area contributed by atoms with Crippen molar-refractivity contribution in [3.8, 4) is 0 Å². The fourth-order valence-electron chi connectivity index (χ4n) is 2.42. The molecule has 1 N–H and O–H groups in total. The summed E-state index contributed by atoms with van der Waals surface area (Å²) in [4.78, 5) is 0. The molecule has 0 amide bonds. The van der Waals surface area contributed by atoms with Crippen LogP contribution in [0, 0.1) is 6.92 Å². The van der Waals surface area contributed by atoms with E-state index >= 15 is 0 Å². The Kier molecular flexibility index (Phi) is 2.69. The predicted molar refractivity (Wildman–Crippen MR) is 65.8 cm³/mol. The maximum Gasteiger partial charge on any atom is 0.133 e. The first kappa shape index (κ1) is 10.5. The maximum atomic E-state index is 5.03. The minimum absolute atomic E-state index is 0.666. The molecule has 3 nitrogen and oxygen atoms in total. The van der Waals surface area contributed by atoms with Gasteiger partial charge in [0, 0.05) is 25.1 Å². The van der Waals surface area contributed by atoms with Crippen LogP contribution in [0.25, 0.3) is 0 Å². The lowest BCUT2D eigenvalue weighted by Gasteiger charge is -2.30. The standard InChI is InChI=1S/C14H16N2O/c1-10-6-13(16-17-10)9-15-8-12-7-11-4-2-3-5-14(11)12/h2-6,12,15H,7-9H2,1H3. The lowest BCUT2D eigenvalue weighted by atomic mass is 9.77. The van der Waals surface area contributed by atoms with Crippen molar-refractivity contribution in [2.24, 2.45) is 0 Å². The molecule has 0 spiro atoms. The molecule has 0 saturated heterocycles. The molecule has 3 heteroatoms. The van der Waals surface area contributed by atoms with E-state index in [0.29, 0.717) is 5.92 Å². The van der Waals surface area contributed by atoms with E-state index in [2.05, 4.69) is 34.7 Å². The smallest absolute Gasteiger partial charge is 0.133 e. The molecular weight excluding hydrogens is 212 g/mol. The molecule has 0 radical (unpaired) electrons. The van der Waals surface area contributed by atoms with E-state index in [1.807, 2.05) is 13.0 Å². The maximum absolute atomic E-state index is 5.03. The molecule has 1 aliphatic carbocycles. The summed E-state index contributed by atoms with van der Waals surface area (Å²) in [6, 6.07) is 10.6. The molecule has 1 heterocycles. The van der Waals surface area contributed by atoms with Gasteiger partial charge in [-0.1, -0.05) is 29.4 Å². The third-order valence-electron chi connectivity index (χ3n) is 3.33. The van der Waals surface area contributed by atoms with Gasteiger partial charge in [0.2, 0.25) is 0 Å². The fourth-order valence-corrected chi connectivity index (χ4v) is 2.42. The van der Waals surface area contributed by atoms with Crippen molar-refractivity contribution >= 4 is 0 Å². The first-order chi connectivity index (χ1) is 8.33. The second kappa shape index (κ2) is 4.34. The van der Waals surface area contributed by atoms with Crippen LogP contribution in [0.15, 0.2) is 34.9 Å². The van der Waals surface area contributed by atoms with Crippen molar-refractivity contribution in [3.05, 3.63) is 52.9 Å². The molecule has 1 unspecified atom stereocenters. The van der Waals surface area contributed by atoms with Gasteiger partial charge in [0.15, 0.2) is 0 Å². The molecule has 1 aliphatic rings. The van der Waals surface area contributed by atoms with Gasteiger partial charge in [0.1, 0.15) is 5.76 Å². The summed E-state index contributed by atoms with van der Waals surface area (Å²) in [5.41, 5.74) is 3.98. The van der Waals surface area contributed by atoms with Crippen LogP contribution in [0.5, 0.6) is 0 Å². The lowest BCUT2D eigenvalue weighted by Crippen LogP contribution is -2.28. The SMILES string of the molecule is Cc1cc(CNCC2Cc3ccccc32)no1. The highest BCUT2D eigenvalue weighted by Crippen LogP contribution is 2.33. The van der Waals surface area contributed by atoms with Gasteiger partial charge < -0.3 is 9.84 Å². The molecule has 3 rings (SSSR count). The number of rotatable bonds is 4. The number of fused-ring (bicyclic) bond motifs is 1. The molecule has 0 saturated carbocycles. The fraction of sp³-hybridized carbons (Fsp3) is 0.357. The summed E-state index contributed by atoms with van der Waals surface area (Å²) in [6.07, 6.45) is 1.20. The van der Waals surface area contributed by atoms with Gasteiger partial charge in [-0.3, -0.25) is 0 Å². The summed E-state index contributed by atoms with van der Waals surface area (Å²) < 4.78 is 5.03. The quantitative estimate of drug-likeness (QED) is 0.873. The van der Waals surface area contributed by atoms with E-state index < -0.39 is 0 Å². The molecule has 0 aliphatic heterocycles. The molecule has 0 fully saturated rings. The van der Waals surface area contributed by atoms with Crippen molar-refractivity contribution in [3.63, 3.8) is 0 Å². The van der Waals surface area contributed by atoms with Crippen LogP contribution in [0.4, 0.5) is 0 Å². The molecule has 88 valence electrons. The first-order valence-electron chi connectivity index (χ1n) is 6.03. The number of hydrogen-bond donors (Lipinski definition) is 1. The number of benzene rings is 1. The van der Waals surface area contributed by atoms with E-state index in [-0.39, 0.29) is 0 Å². The van der Waals surface area contributed by atoms with Crippen LogP contribution in [-0.4, -0.2) is 11.7 Å². The minimum Gasteiger partial charge on any atom is -0.361 e. The van der Waals surface area contributed by atoms with Crippen molar-refractivity contribution in [2.45, 2.75) is 25.8 Å². The Hall–Kier alpha value is -1.61. The van der Waals surface area contributed by atoms with Crippen LogP contribution in [0.2, 0.25) is 0 Å². The monoisotopic (exact) mass is 228 g/mol. The van der Waals surface area contributed by atoms with Crippen molar-refractivity contribution in [2.75, 3.05) is 6.54 Å². The number of nitrogens with one attached hydrogen (secondary N) is 1. The minimum atomic E-state index is 0.666. The highest BCUT2D eigenvalue weighted by Gasteiger charge is 2.24. The van der Waals surface area contributed by atoms with E-state index in [1.54, 1.807) is 0 Å². The Bertz CT molecular complexity index is 518. The third kappa shape index (κ3) is 2.11. The second-order valence-electron chi connectivity index (χ2n) is 4.66. The summed E-state index contributed by atoms with van der Waals surface area (Å²) in [7, 11) is 0. The van der Waals surface area contributed by atoms with Gasteiger partial charge in [-0.15, -0.1) is 0 Å². The van der Waals surface area contributed by atoms with Gasteiger partial charge in [-0.25, -0.2) is 0 Å². The van der Waals surface area contributed by atoms with E-state index in [0.717, 1.165) is 24.5 Å². The van der Waals surface area contributed by atoms with Crippen LogP contribution >= 0.6 is 0 Å². The average Bonchev–Trinajstić information content (AvgIpc) is 2.71. The van der Waals surface area contributed by atoms with E-state index in [1.165, 1.54) is 17.5 Å². The summed E-state index contributed by atoms with van der Waals surface area (Å²) in [6.45, 7) is 3.72. The van der Waals surface area contributed by atoms with Crippen LogP contribution in [0.3, 0.4) is 0 Å². The van der Waals surface area contributed by atoms with Crippen molar-refractivity contribution in [1.82, 2.24) is 10.5 Å². The molecule has 0 bridgehead atoms. The first-order valence-corrected chi connectivity index (χ1v) is 6.03. The summed E-state index contributed by atoms with van der Waals surface area (Å²) in [5.74, 6) is 1.54. The molecule has 1 atom stereocenters. The topological polar surface area (TPSA) is 38.1 Å². The van der Waals surface area contributed by atoms with Gasteiger partial charge in [-0.05, 0) is 24.5 Å². The Morgan fingerprint density at radius 2 is 2.29 bits per heavy atom. The molecule has 2 aromatic rings. The Morgan fingerprint density at radius 3 is 3.06 bits per heavy atom. The molecule has 1 aromatic heterocycles. The Labute approximate surface area is 101 Å². The zero-order valence-electron chi connectivity index (χ0n) is 9.94. The normalized spacial score (nSPS) is 17.6. The third-order valence-corrected chi connectivity index (χ3v) is 3.33. The van der Waals surface area contributed by atoms with Gasteiger partial charge in [0.25, 0.3) is 0 Å². The van der Waals surface area contributed by atoms with Crippen LogP contribution in [-0.2, 0) is 13.0 Å². The number of aromatic nitrogens is 1. The van der Waals surface area contributed by atoms with Gasteiger partial charge >= 0.3 is 0 Å². The summed E-state index contributed by atoms with van der Waals surface area (Å²) in [5, 5.41) is 7.40. The van der Waals surface area contributed by atoms with Crippen LogP contribution in [0.1, 0.15) is 28.5 Å². The molecular formula is C14H16N2O. The Morgan fingerprint density at radius 1 is 1.41 bits per heavy atom. The molecule has 17 heavy (non-hydrogen) atoms. The highest BCUT2D eigenvalue weighted by atomic mass is 16.5. The van der Waals surface area contributed by atoms with Crippen LogP contribution < -0.4 is 5.32 Å². The lowest BCUT2D eigenvalue weighted by molar-refractivity contribution is 0.387.